The Morgan fingerprint density at radius 3 is 2.76 bits per heavy atom. The third-order valence-electron chi connectivity index (χ3n) is 3.40. The molecule has 3 aromatic rings. The van der Waals surface area contributed by atoms with Crippen LogP contribution < -0.4 is 5.32 Å². The van der Waals surface area contributed by atoms with Crippen LogP contribution in [0.1, 0.15) is 5.01 Å². The number of carboxylic acid groups (broad SMARTS) is 1. The number of fused-ring (bicyclic) bond motifs is 1. The summed E-state index contributed by atoms with van der Waals surface area (Å²) < 4.78 is 14.2. The smallest absolute Gasteiger partial charge is 0.322 e. The topological polar surface area (TPSA) is 79.3 Å². The molecule has 1 heterocycles. The van der Waals surface area contributed by atoms with Gasteiger partial charge in [-0.2, -0.15) is 0 Å². The summed E-state index contributed by atoms with van der Waals surface area (Å²) in [5, 5.41) is 11.8. The number of hydrogen-bond acceptors (Lipinski definition) is 4. The molecule has 0 aliphatic rings. The van der Waals surface area contributed by atoms with E-state index in [1.165, 1.54) is 23.5 Å². The van der Waals surface area contributed by atoms with Gasteiger partial charge < -0.3 is 10.4 Å². The summed E-state index contributed by atoms with van der Waals surface area (Å²) in [4.78, 5) is 26.5. The summed E-state index contributed by atoms with van der Waals surface area (Å²) in [5.41, 5.74) is 2.01. The highest BCUT2D eigenvalue weighted by Crippen LogP contribution is 2.34. The van der Waals surface area contributed by atoms with E-state index in [9.17, 15) is 14.0 Å². The van der Waals surface area contributed by atoms with Crippen LogP contribution in [-0.4, -0.2) is 28.5 Å². The lowest BCUT2D eigenvalue weighted by Gasteiger charge is -2.03. The fraction of sp³-hybridized carbons (Fsp3) is 0.118. The Bertz CT molecular complexity index is 974. The van der Waals surface area contributed by atoms with Gasteiger partial charge in [-0.05, 0) is 35.4 Å². The largest absolute Gasteiger partial charge is 0.480 e. The molecule has 2 N–H and O–H groups in total. The molecule has 0 saturated heterocycles. The Kier molecular flexibility index (Phi) is 4.96. The molecule has 2 aromatic carbocycles. The number of nitrogens with one attached hydrogen (secondary N) is 1. The lowest BCUT2D eigenvalue weighted by Crippen LogP contribution is -2.30. The average molecular weight is 379 g/mol. The first-order valence-corrected chi connectivity index (χ1v) is 8.45. The quantitative estimate of drug-likeness (QED) is 0.712. The number of benzene rings is 2. The fourth-order valence-electron chi connectivity index (χ4n) is 2.32. The minimum absolute atomic E-state index is 0.0295. The summed E-state index contributed by atoms with van der Waals surface area (Å²) >= 11 is 7.57. The number of aromatic nitrogens is 1. The average Bonchev–Trinajstić information content (AvgIpc) is 2.96. The molecule has 8 heteroatoms. The van der Waals surface area contributed by atoms with Crippen molar-refractivity contribution in [1.82, 2.24) is 10.3 Å². The second-order valence-electron chi connectivity index (χ2n) is 5.27. The first-order valence-electron chi connectivity index (χ1n) is 7.26. The van der Waals surface area contributed by atoms with Crippen molar-refractivity contribution < 1.29 is 19.1 Å². The summed E-state index contributed by atoms with van der Waals surface area (Å²) in [6.45, 7) is -0.436. The van der Waals surface area contributed by atoms with Crippen molar-refractivity contribution in [2.45, 2.75) is 6.42 Å². The van der Waals surface area contributed by atoms with Crippen molar-refractivity contribution in [2.75, 3.05) is 6.54 Å². The van der Waals surface area contributed by atoms with Crippen LogP contribution in [-0.2, 0) is 16.0 Å². The van der Waals surface area contributed by atoms with Gasteiger partial charge >= 0.3 is 5.97 Å². The predicted molar refractivity (Wildman–Crippen MR) is 94.4 cm³/mol. The molecule has 0 fully saturated rings. The molecular weight excluding hydrogens is 367 g/mol. The zero-order valence-corrected chi connectivity index (χ0v) is 14.3. The molecule has 0 radical (unpaired) electrons. The number of halogens is 2. The standard InChI is InChI=1S/C17H12ClFN2O3S/c18-12-5-10(9-2-1-3-11(19)4-9)6-13-17(12)21-15(25-13)7-14(22)20-8-16(23)24/h1-6H,7-8H2,(H,20,22)(H,23,24). The maximum atomic E-state index is 13.4. The van der Waals surface area contributed by atoms with E-state index >= 15 is 0 Å². The lowest BCUT2D eigenvalue weighted by molar-refractivity contribution is -0.137. The third kappa shape index (κ3) is 4.12. The van der Waals surface area contributed by atoms with E-state index in [0.717, 1.165) is 10.3 Å². The highest BCUT2D eigenvalue weighted by atomic mass is 35.5. The van der Waals surface area contributed by atoms with Gasteiger partial charge in [0.05, 0.1) is 16.1 Å². The van der Waals surface area contributed by atoms with E-state index in [2.05, 4.69) is 10.3 Å². The molecule has 0 unspecified atom stereocenters. The van der Waals surface area contributed by atoms with E-state index in [0.29, 0.717) is 21.1 Å². The molecule has 0 atom stereocenters. The van der Waals surface area contributed by atoms with Gasteiger partial charge in [-0.1, -0.05) is 23.7 Å². The van der Waals surface area contributed by atoms with Crippen molar-refractivity contribution >= 4 is 45.0 Å². The Labute approximate surface area is 151 Å². The van der Waals surface area contributed by atoms with Crippen molar-refractivity contribution in [3.05, 3.63) is 52.2 Å². The first kappa shape index (κ1) is 17.3. The molecule has 0 bridgehead atoms. The molecule has 128 valence electrons. The fourth-order valence-corrected chi connectivity index (χ4v) is 3.67. The van der Waals surface area contributed by atoms with Crippen molar-refractivity contribution in [3.63, 3.8) is 0 Å². The molecule has 3 rings (SSSR count). The van der Waals surface area contributed by atoms with Crippen LogP contribution in [0, 0.1) is 5.82 Å². The third-order valence-corrected chi connectivity index (χ3v) is 4.69. The summed E-state index contributed by atoms with van der Waals surface area (Å²) in [5.74, 6) is -1.88. The number of carbonyl (C=O) groups is 2. The van der Waals surface area contributed by atoms with Gasteiger partial charge in [-0.3, -0.25) is 9.59 Å². The minimum atomic E-state index is -1.11. The number of rotatable bonds is 5. The predicted octanol–water partition coefficient (Wildman–Crippen LogP) is 3.50. The SMILES string of the molecule is O=C(O)CNC(=O)Cc1nc2c(Cl)cc(-c3cccc(F)c3)cc2s1. The number of amides is 1. The zero-order chi connectivity index (χ0) is 18.0. The molecule has 1 aromatic heterocycles. The number of nitrogens with zero attached hydrogens (tertiary/aromatic N) is 1. The molecule has 0 spiro atoms. The molecule has 0 aliphatic carbocycles. The number of aliphatic carboxylic acids is 1. The Morgan fingerprint density at radius 2 is 2.04 bits per heavy atom. The Balaban J connectivity index is 1.89. The van der Waals surface area contributed by atoms with E-state index in [1.807, 2.05) is 6.07 Å². The van der Waals surface area contributed by atoms with E-state index in [-0.39, 0.29) is 12.2 Å². The number of carboxylic acids is 1. The lowest BCUT2D eigenvalue weighted by atomic mass is 10.1. The van der Waals surface area contributed by atoms with Crippen LogP contribution in [0.25, 0.3) is 21.3 Å². The second-order valence-corrected chi connectivity index (χ2v) is 6.79. The molecule has 0 saturated carbocycles. The maximum absolute atomic E-state index is 13.4. The molecule has 5 nitrogen and oxygen atoms in total. The Morgan fingerprint density at radius 1 is 1.24 bits per heavy atom. The van der Waals surface area contributed by atoms with Crippen LogP contribution in [0.2, 0.25) is 5.02 Å². The summed E-state index contributed by atoms with van der Waals surface area (Å²) in [6.07, 6.45) is -0.0295. The number of hydrogen-bond donors (Lipinski definition) is 2. The zero-order valence-electron chi connectivity index (χ0n) is 12.8. The van der Waals surface area contributed by atoms with Crippen LogP contribution in [0.15, 0.2) is 36.4 Å². The monoisotopic (exact) mass is 378 g/mol. The van der Waals surface area contributed by atoms with E-state index in [4.69, 9.17) is 16.7 Å². The first-order chi connectivity index (χ1) is 11.9. The van der Waals surface area contributed by atoms with Gasteiger partial charge in [0.1, 0.15) is 22.9 Å². The normalized spacial score (nSPS) is 10.8. The van der Waals surface area contributed by atoms with Gasteiger partial charge in [0, 0.05) is 0 Å². The number of thiazole rings is 1. The van der Waals surface area contributed by atoms with Gasteiger partial charge in [0.25, 0.3) is 0 Å². The van der Waals surface area contributed by atoms with E-state index in [1.54, 1.807) is 18.2 Å². The van der Waals surface area contributed by atoms with Crippen LogP contribution in [0.3, 0.4) is 0 Å². The molecular formula is C17H12ClFN2O3S. The van der Waals surface area contributed by atoms with Crippen molar-refractivity contribution in [2.24, 2.45) is 0 Å². The van der Waals surface area contributed by atoms with Crippen LogP contribution >= 0.6 is 22.9 Å². The van der Waals surface area contributed by atoms with E-state index < -0.39 is 18.4 Å². The number of carbonyl (C=O) groups excluding carboxylic acids is 1. The van der Waals surface area contributed by atoms with Gasteiger partial charge in [-0.25, -0.2) is 9.37 Å². The molecule has 25 heavy (non-hydrogen) atoms. The van der Waals surface area contributed by atoms with Crippen molar-refractivity contribution in [3.8, 4) is 11.1 Å². The van der Waals surface area contributed by atoms with Crippen LogP contribution in [0.4, 0.5) is 4.39 Å². The van der Waals surface area contributed by atoms with Crippen LogP contribution in [0.5, 0.6) is 0 Å². The summed E-state index contributed by atoms with van der Waals surface area (Å²) in [6, 6.07) is 9.72. The second kappa shape index (κ2) is 7.16. The van der Waals surface area contributed by atoms with Crippen molar-refractivity contribution in [1.29, 1.82) is 0 Å². The molecule has 1 amide bonds. The summed E-state index contributed by atoms with van der Waals surface area (Å²) in [7, 11) is 0. The van der Waals surface area contributed by atoms with Gasteiger partial charge in [0.2, 0.25) is 5.91 Å². The Hall–Kier alpha value is -2.51. The van der Waals surface area contributed by atoms with Gasteiger partial charge in [0.15, 0.2) is 0 Å². The minimum Gasteiger partial charge on any atom is -0.480 e. The highest BCUT2D eigenvalue weighted by Gasteiger charge is 2.13. The molecule has 0 aliphatic heterocycles. The van der Waals surface area contributed by atoms with Gasteiger partial charge in [-0.15, -0.1) is 11.3 Å². The highest BCUT2D eigenvalue weighted by molar-refractivity contribution is 7.18. The maximum Gasteiger partial charge on any atom is 0.322 e.